The minimum atomic E-state index is 0.640. The van der Waals surface area contributed by atoms with Gasteiger partial charge in [0.2, 0.25) is 0 Å². The number of furan rings is 1. The van der Waals surface area contributed by atoms with Crippen LogP contribution in [0.5, 0.6) is 0 Å². The van der Waals surface area contributed by atoms with Gasteiger partial charge in [0.15, 0.2) is 5.11 Å². The molecule has 0 fully saturated rings. The molecule has 0 spiro atoms. The minimum absolute atomic E-state index is 0.640. The van der Waals surface area contributed by atoms with Crippen LogP contribution in [0.4, 0.5) is 5.69 Å². The van der Waals surface area contributed by atoms with Crippen LogP contribution < -0.4 is 10.6 Å². The lowest BCUT2D eigenvalue weighted by Gasteiger charge is -2.10. The van der Waals surface area contributed by atoms with Gasteiger partial charge in [-0.1, -0.05) is 22.0 Å². The van der Waals surface area contributed by atoms with Crippen molar-refractivity contribution in [2.24, 2.45) is 0 Å². The lowest BCUT2D eigenvalue weighted by molar-refractivity contribution is 0.530. The Bertz CT molecular complexity index is 546. The van der Waals surface area contributed by atoms with E-state index in [2.05, 4.69) is 26.6 Å². The molecule has 3 nitrogen and oxygen atoms in total. The molecule has 0 saturated heterocycles. The van der Waals surface area contributed by atoms with E-state index in [1.807, 2.05) is 48.2 Å². The number of rotatable bonds is 6. The molecular formula is C14H15BrN2OS2. The van der Waals surface area contributed by atoms with Gasteiger partial charge in [-0.25, -0.2) is 0 Å². The van der Waals surface area contributed by atoms with Crippen molar-refractivity contribution >= 4 is 50.7 Å². The van der Waals surface area contributed by atoms with Gasteiger partial charge in [-0.3, -0.25) is 0 Å². The monoisotopic (exact) mass is 370 g/mol. The Balaban J connectivity index is 1.60. The summed E-state index contributed by atoms with van der Waals surface area (Å²) in [6, 6.07) is 11.8. The molecule has 2 N–H and O–H groups in total. The van der Waals surface area contributed by atoms with Crippen LogP contribution in [0.15, 0.2) is 51.6 Å². The third-order valence-electron chi connectivity index (χ3n) is 2.44. The fourth-order valence-corrected chi connectivity index (χ4v) is 2.92. The Morgan fingerprint density at radius 1 is 1.30 bits per heavy atom. The van der Waals surface area contributed by atoms with Gasteiger partial charge < -0.3 is 15.1 Å². The SMILES string of the molecule is S=C(NCCSCc1ccco1)Nc1cccc(Br)c1. The highest BCUT2D eigenvalue weighted by atomic mass is 79.9. The minimum Gasteiger partial charge on any atom is -0.468 e. The number of thioether (sulfide) groups is 1. The number of hydrogen-bond acceptors (Lipinski definition) is 3. The van der Waals surface area contributed by atoms with Crippen molar-refractivity contribution in [3.05, 3.63) is 52.9 Å². The number of benzene rings is 1. The van der Waals surface area contributed by atoms with Gasteiger partial charge in [-0.15, -0.1) is 0 Å². The molecule has 20 heavy (non-hydrogen) atoms. The Hall–Kier alpha value is -0.980. The van der Waals surface area contributed by atoms with E-state index in [9.17, 15) is 0 Å². The number of thiocarbonyl (C=S) groups is 1. The van der Waals surface area contributed by atoms with Gasteiger partial charge in [0.25, 0.3) is 0 Å². The summed E-state index contributed by atoms with van der Waals surface area (Å²) in [6.07, 6.45) is 1.70. The summed E-state index contributed by atoms with van der Waals surface area (Å²) in [4.78, 5) is 0. The second-order valence-electron chi connectivity index (χ2n) is 4.02. The van der Waals surface area contributed by atoms with E-state index in [0.717, 1.165) is 34.0 Å². The van der Waals surface area contributed by atoms with E-state index in [0.29, 0.717) is 5.11 Å². The summed E-state index contributed by atoms with van der Waals surface area (Å²) in [5, 5.41) is 6.97. The van der Waals surface area contributed by atoms with Crippen molar-refractivity contribution in [2.45, 2.75) is 5.75 Å². The molecule has 1 aromatic heterocycles. The molecule has 2 rings (SSSR count). The van der Waals surface area contributed by atoms with Crippen molar-refractivity contribution in [3.8, 4) is 0 Å². The van der Waals surface area contributed by atoms with E-state index in [1.54, 1.807) is 6.26 Å². The first kappa shape index (κ1) is 15.4. The average Bonchev–Trinajstić information content (AvgIpc) is 2.91. The second-order valence-corrected chi connectivity index (χ2v) is 6.45. The molecule has 0 aliphatic rings. The van der Waals surface area contributed by atoms with Crippen molar-refractivity contribution in [3.63, 3.8) is 0 Å². The summed E-state index contributed by atoms with van der Waals surface area (Å²) < 4.78 is 6.29. The third kappa shape index (κ3) is 5.56. The molecule has 0 saturated carbocycles. The first-order valence-electron chi connectivity index (χ1n) is 6.14. The van der Waals surface area contributed by atoms with Gasteiger partial charge in [0, 0.05) is 22.5 Å². The average molecular weight is 371 g/mol. The lowest BCUT2D eigenvalue weighted by atomic mass is 10.3. The van der Waals surface area contributed by atoms with Crippen LogP contribution in [0.25, 0.3) is 0 Å². The fraction of sp³-hybridized carbons (Fsp3) is 0.214. The highest BCUT2D eigenvalue weighted by Crippen LogP contribution is 2.15. The number of nitrogens with one attached hydrogen (secondary N) is 2. The zero-order valence-corrected chi connectivity index (χ0v) is 14.0. The van der Waals surface area contributed by atoms with Gasteiger partial charge >= 0.3 is 0 Å². The zero-order chi connectivity index (χ0) is 14.2. The smallest absolute Gasteiger partial charge is 0.170 e. The Morgan fingerprint density at radius 2 is 2.20 bits per heavy atom. The summed E-state index contributed by atoms with van der Waals surface area (Å²) >= 11 is 10.5. The van der Waals surface area contributed by atoms with Gasteiger partial charge in [0.1, 0.15) is 5.76 Å². The van der Waals surface area contributed by atoms with Gasteiger partial charge in [0.05, 0.1) is 12.0 Å². The van der Waals surface area contributed by atoms with E-state index in [1.165, 1.54) is 0 Å². The Morgan fingerprint density at radius 3 is 2.95 bits per heavy atom. The second kappa shape index (κ2) is 8.34. The molecule has 1 heterocycles. The molecule has 0 unspecified atom stereocenters. The molecule has 1 aromatic carbocycles. The van der Waals surface area contributed by atoms with Crippen molar-refractivity contribution in [2.75, 3.05) is 17.6 Å². The quantitative estimate of drug-likeness (QED) is 0.586. The Kier molecular flexibility index (Phi) is 6.42. The van der Waals surface area contributed by atoms with Crippen LogP contribution in [0.1, 0.15) is 5.76 Å². The summed E-state index contributed by atoms with van der Waals surface area (Å²) in [5.41, 5.74) is 0.972. The molecule has 0 aliphatic heterocycles. The third-order valence-corrected chi connectivity index (χ3v) is 4.16. The highest BCUT2D eigenvalue weighted by molar-refractivity contribution is 9.10. The van der Waals surface area contributed by atoms with Crippen LogP contribution in [-0.2, 0) is 5.75 Å². The first-order chi connectivity index (χ1) is 9.74. The predicted molar refractivity (Wildman–Crippen MR) is 93.2 cm³/mol. The molecule has 0 bridgehead atoms. The molecule has 2 aromatic rings. The molecule has 0 radical (unpaired) electrons. The van der Waals surface area contributed by atoms with Crippen molar-refractivity contribution < 1.29 is 4.42 Å². The number of anilines is 1. The van der Waals surface area contributed by atoms with Crippen molar-refractivity contribution in [1.82, 2.24) is 5.32 Å². The van der Waals surface area contributed by atoms with Gasteiger partial charge in [-0.2, -0.15) is 11.8 Å². The number of hydrogen-bond donors (Lipinski definition) is 2. The molecule has 6 heteroatoms. The predicted octanol–water partition coefficient (Wildman–Crippen LogP) is 4.26. The standard InChI is InChI=1S/C14H15BrN2OS2/c15-11-3-1-4-12(9-11)17-14(19)16-6-8-20-10-13-5-2-7-18-13/h1-5,7,9H,6,8,10H2,(H2,16,17,19). The van der Waals surface area contributed by atoms with Crippen LogP contribution in [0, 0.1) is 0 Å². The highest BCUT2D eigenvalue weighted by Gasteiger charge is 1.99. The largest absolute Gasteiger partial charge is 0.468 e. The van der Waals surface area contributed by atoms with Crippen LogP contribution in [-0.4, -0.2) is 17.4 Å². The lowest BCUT2D eigenvalue weighted by Crippen LogP contribution is -2.30. The normalized spacial score (nSPS) is 10.2. The van der Waals surface area contributed by atoms with E-state index in [-0.39, 0.29) is 0 Å². The molecule has 0 atom stereocenters. The Labute approximate surface area is 136 Å². The maximum Gasteiger partial charge on any atom is 0.170 e. The molecule has 0 amide bonds. The number of halogens is 1. The first-order valence-corrected chi connectivity index (χ1v) is 8.50. The van der Waals surface area contributed by atoms with Crippen LogP contribution >= 0.6 is 39.9 Å². The summed E-state index contributed by atoms with van der Waals surface area (Å²) in [6.45, 7) is 0.825. The maximum absolute atomic E-state index is 5.27. The molecule has 106 valence electrons. The van der Waals surface area contributed by atoms with Gasteiger partial charge in [-0.05, 0) is 42.5 Å². The van der Waals surface area contributed by atoms with E-state index in [4.69, 9.17) is 16.6 Å². The zero-order valence-electron chi connectivity index (χ0n) is 10.8. The fourth-order valence-electron chi connectivity index (χ4n) is 1.55. The van der Waals surface area contributed by atoms with E-state index < -0.39 is 0 Å². The van der Waals surface area contributed by atoms with Crippen LogP contribution in [0.3, 0.4) is 0 Å². The summed E-state index contributed by atoms with van der Waals surface area (Å²) in [7, 11) is 0. The summed E-state index contributed by atoms with van der Waals surface area (Å²) in [5.74, 6) is 2.87. The topological polar surface area (TPSA) is 37.2 Å². The van der Waals surface area contributed by atoms with Crippen molar-refractivity contribution in [1.29, 1.82) is 0 Å². The van der Waals surface area contributed by atoms with E-state index >= 15 is 0 Å². The molecule has 0 aliphatic carbocycles. The van der Waals surface area contributed by atoms with Crippen LogP contribution in [0.2, 0.25) is 0 Å². The maximum atomic E-state index is 5.27. The molecular weight excluding hydrogens is 356 g/mol.